The smallest absolute Gasteiger partial charge is 0.0847 e. The van der Waals surface area contributed by atoms with Crippen molar-refractivity contribution < 1.29 is 0 Å². The molecule has 0 aliphatic heterocycles. The van der Waals surface area contributed by atoms with E-state index in [9.17, 15) is 0 Å². The van der Waals surface area contributed by atoms with E-state index in [4.69, 9.17) is 17.3 Å². The zero-order valence-corrected chi connectivity index (χ0v) is 12.9. The van der Waals surface area contributed by atoms with Gasteiger partial charge in [0.15, 0.2) is 0 Å². The number of aryl methyl sites for hydroxylation is 2. The standard InChI is InChI=1S/C14H18ClN3S/c1-9-14(15)13(18(2)17-9)8-12(16)10-4-6-11(19-3)7-5-10/h4-7,12H,8,16H2,1-3H3. The molecular formula is C14H18ClN3S. The summed E-state index contributed by atoms with van der Waals surface area (Å²) >= 11 is 7.98. The number of thioether (sulfide) groups is 1. The van der Waals surface area contributed by atoms with Gasteiger partial charge in [-0.25, -0.2) is 0 Å². The minimum Gasteiger partial charge on any atom is -0.324 e. The van der Waals surface area contributed by atoms with E-state index < -0.39 is 0 Å². The summed E-state index contributed by atoms with van der Waals surface area (Å²) in [6.45, 7) is 1.91. The number of rotatable bonds is 4. The van der Waals surface area contributed by atoms with Gasteiger partial charge in [0.05, 0.1) is 16.4 Å². The number of aromatic nitrogens is 2. The molecule has 2 aromatic rings. The lowest BCUT2D eigenvalue weighted by Gasteiger charge is -2.13. The summed E-state index contributed by atoms with van der Waals surface area (Å²) in [6.07, 6.45) is 2.75. The predicted molar refractivity (Wildman–Crippen MR) is 81.8 cm³/mol. The van der Waals surface area contributed by atoms with E-state index in [1.165, 1.54) is 4.90 Å². The van der Waals surface area contributed by atoms with Crippen LogP contribution in [-0.2, 0) is 13.5 Å². The second-order valence-corrected chi connectivity index (χ2v) is 5.81. The molecule has 1 heterocycles. The van der Waals surface area contributed by atoms with Crippen molar-refractivity contribution in [1.82, 2.24) is 9.78 Å². The number of nitrogens with two attached hydrogens (primary N) is 1. The lowest BCUT2D eigenvalue weighted by molar-refractivity contribution is 0.639. The van der Waals surface area contributed by atoms with Gasteiger partial charge in [-0.1, -0.05) is 23.7 Å². The van der Waals surface area contributed by atoms with E-state index in [1.54, 1.807) is 11.8 Å². The Hall–Kier alpha value is -0.970. The largest absolute Gasteiger partial charge is 0.324 e. The number of hydrogen-bond donors (Lipinski definition) is 1. The van der Waals surface area contributed by atoms with Crippen molar-refractivity contribution in [2.45, 2.75) is 24.3 Å². The molecule has 1 aromatic carbocycles. The SMILES string of the molecule is CSc1ccc(C(N)Cc2c(Cl)c(C)nn2C)cc1. The van der Waals surface area contributed by atoms with Crippen LogP contribution in [0.15, 0.2) is 29.2 Å². The molecule has 1 atom stereocenters. The van der Waals surface area contributed by atoms with Gasteiger partial charge in [-0.05, 0) is 30.9 Å². The van der Waals surface area contributed by atoms with Gasteiger partial charge in [0.25, 0.3) is 0 Å². The molecule has 0 amide bonds. The summed E-state index contributed by atoms with van der Waals surface area (Å²) in [4.78, 5) is 1.24. The Morgan fingerprint density at radius 1 is 1.37 bits per heavy atom. The van der Waals surface area contributed by atoms with Crippen LogP contribution < -0.4 is 5.73 Å². The van der Waals surface area contributed by atoms with Crippen LogP contribution in [0.2, 0.25) is 5.02 Å². The van der Waals surface area contributed by atoms with Crippen LogP contribution in [0.4, 0.5) is 0 Å². The maximum atomic E-state index is 6.26. The van der Waals surface area contributed by atoms with Gasteiger partial charge in [0.1, 0.15) is 0 Å². The van der Waals surface area contributed by atoms with Gasteiger partial charge in [-0.15, -0.1) is 11.8 Å². The molecule has 0 aliphatic rings. The van der Waals surface area contributed by atoms with Crippen molar-refractivity contribution in [3.05, 3.63) is 46.2 Å². The number of hydrogen-bond acceptors (Lipinski definition) is 3. The highest BCUT2D eigenvalue weighted by molar-refractivity contribution is 7.98. The van der Waals surface area contributed by atoms with Gasteiger partial charge in [0.2, 0.25) is 0 Å². The molecule has 5 heteroatoms. The maximum absolute atomic E-state index is 6.26. The van der Waals surface area contributed by atoms with Crippen LogP contribution >= 0.6 is 23.4 Å². The highest BCUT2D eigenvalue weighted by Gasteiger charge is 2.15. The quantitative estimate of drug-likeness (QED) is 0.880. The van der Waals surface area contributed by atoms with Crippen molar-refractivity contribution in [2.24, 2.45) is 12.8 Å². The van der Waals surface area contributed by atoms with Crippen LogP contribution in [0.5, 0.6) is 0 Å². The topological polar surface area (TPSA) is 43.8 Å². The van der Waals surface area contributed by atoms with E-state index in [-0.39, 0.29) is 6.04 Å². The first-order chi connectivity index (χ1) is 9.02. The lowest BCUT2D eigenvalue weighted by Crippen LogP contribution is -2.15. The molecule has 2 rings (SSSR count). The highest BCUT2D eigenvalue weighted by Crippen LogP contribution is 2.25. The molecule has 2 N–H and O–H groups in total. The molecule has 19 heavy (non-hydrogen) atoms. The fourth-order valence-corrected chi connectivity index (χ4v) is 2.72. The number of halogens is 1. The van der Waals surface area contributed by atoms with Gasteiger partial charge in [-0.2, -0.15) is 5.10 Å². The summed E-state index contributed by atoms with van der Waals surface area (Å²) in [7, 11) is 1.90. The molecule has 0 spiro atoms. The maximum Gasteiger partial charge on any atom is 0.0847 e. The molecule has 0 radical (unpaired) electrons. The molecule has 0 saturated carbocycles. The van der Waals surface area contributed by atoms with E-state index in [1.807, 2.05) is 18.7 Å². The van der Waals surface area contributed by atoms with E-state index >= 15 is 0 Å². The number of benzene rings is 1. The molecule has 0 fully saturated rings. The molecule has 102 valence electrons. The highest BCUT2D eigenvalue weighted by atomic mass is 35.5. The average Bonchev–Trinajstić information content (AvgIpc) is 2.65. The Morgan fingerprint density at radius 3 is 2.47 bits per heavy atom. The first-order valence-electron chi connectivity index (χ1n) is 6.10. The fourth-order valence-electron chi connectivity index (χ4n) is 2.08. The van der Waals surface area contributed by atoms with Crippen molar-refractivity contribution in [3.8, 4) is 0 Å². The van der Waals surface area contributed by atoms with E-state index in [0.717, 1.165) is 22.0 Å². The Bertz CT molecular complexity index is 563. The Labute approximate surface area is 123 Å². The second kappa shape index (κ2) is 5.99. The summed E-state index contributed by atoms with van der Waals surface area (Å²) in [5, 5.41) is 5.03. The van der Waals surface area contributed by atoms with Gasteiger partial charge in [-0.3, -0.25) is 4.68 Å². The Kier molecular flexibility index (Phi) is 4.55. The zero-order valence-electron chi connectivity index (χ0n) is 11.4. The summed E-state index contributed by atoms with van der Waals surface area (Å²) in [5.41, 5.74) is 9.21. The molecule has 1 unspecified atom stereocenters. The predicted octanol–water partition coefficient (Wildman–Crippen LogP) is 3.35. The van der Waals surface area contributed by atoms with Gasteiger partial charge < -0.3 is 5.73 Å². The average molecular weight is 296 g/mol. The number of nitrogens with zero attached hydrogens (tertiary/aromatic N) is 2. The van der Waals surface area contributed by atoms with Crippen molar-refractivity contribution in [3.63, 3.8) is 0 Å². The first-order valence-corrected chi connectivity index (χ1v) is 7.70. The van der Waals surface area contributed by atoms with Crippen molar-refractivity contribution in [2.75, 3.05) is 6.26 Å². The summed E-state index contributed by atoms with van der Waals surface area (Å²) in [5.74, 6) is 0. The second-order valence-electron chi connectivity index (χ2n) is 4.55. The summed E-state index contributed by atoms with van der Waals surface area (Å²) in [6, 6.07) is 8.27. The van der Waals surface area contributed by atoms with Crippen LogP contribution in [0.25, 0.3) is 0 Å². The summed E-state index contributed by atoms with van der Waals surface area (Å²) < 4.78 is 1.81. The first kappa shape index (κ1) is 14.4. The Balaban J connectivity index is 2.17. The third kappa shape index (κ3) is 3.14. The van der Waals surface area contributed by atoms with Crippen LogP contribution in [0, 0.1) is 6.92 Å². The van der Waals surface area contributed by atoms with E-state index in [2.05, 4.69) is 35.6 Å². The van der Waals surface area contributed by atoms with Crippen molar-refractivity contribution >= 4 is 23.4 Å². The molecule has 0 bridgehead atoms. The van der Waals surface area contributed by atoms with Gasteiger partial charge in [0, 0.05) is 24.4 Å². The van der Waals surface area contributed by atoms with Crippen LogP contribution in [0.3, 0.4) is 0 Å². The molecule has 0 saturated heterocycles. The minimum absolute atomic E-state index is 0.0665. The molecular weight excluding hydrogens is 278 g/mol. The third-order valence-corrected chi connectivity index (χ3v) is 4.45. The normalized spacial score (nSPS) is 12.7. The van der Waals surface area contributed by atoms with Crippen LogP contribution in [0.1, 0.15) is 23.0 Å². The van der Waals surface area contributed by atoms with Gasteiger partial charge >= 0.3 is 0 Å². The molecule has 3 nitrogen and oxygen atoms in total. The van der Waals surface area contributed by atoms with Crippen LogP contribution in [-0.4, -0.2) is 16.0 Å². The lowest BCUT2D eigenvalue weighted by atomic mass is 10.0. The fraction of sp³-hybridized carbons (Fsp3) is 0.357. The molecule has 1 aromatic heterocycles. The third-order valence-electron chi connectivity index (χ3n) is 3.22. The molecule has 0 aliphatic carbocycles. The minimum atomic E-state index is -0.0665. The van der Waals surface area contributed by atoms with E-state index in [0.29, 0.717) is 6.42 Å². The van der Waals surface area contributed by atoms with Crippen molar-refractivity contribution in [1.29, 1.82) is 0 Å². The Morgan fingerprint density at radius 2 is 2.00 bits per heavy atom. The zero-order chi connectivity index (χ0) is 14.0. The monoisotopic (exact) mass is 295 g/mol.